The number of amides is 2. The molecule has 1 saturated heterocycles. The summed E-state index contributed by atoms with van der Waals surface area (Å²) >= 11 is 0. The van der Waals surface area contributed by atoms with Crippen molar-refractivity contribution in [3.63, 3.8) is 0 Å². The average Bonchev–Trinajstić information content (AvgIpc) is 3.62. The molecule has 0 radical (unpaired) electrons. The molecule has 2 fully saturated rings. The number of rotatable bonds is 4. The topological polar surface area (TPSA) is 87.5 Å². The lowest BCUT2D eigenvalue weighted by Gasteiger charge is -2.35. The van der Waals surface area contributed by atoms with Gasteiger partial charge in [0.2, 0.25) is 5.91 Å². The summed E-state index contributed by atoms with van der Waals surface area (Å²) in [4.78, 5) is 30.7. The molecule has 1 saturated carbocycles. The lowest BCUT2D eigenvalue weighted by Crippen LogP contribution is -2.49. The van der Waals surface area contributed by atoms with Crippen LogP contribution >= 0.6 is 0 Å². The number of carbonyl (C=O) groups is 2. The molecule has 4 heterocycles. The fraction of sp³-hybridized carbons (Fsp3) is 0.400. The van der Waals surface area contributed by atoms with Gasteiger partial charge in [0, 0.05) is 57.1 Å². The number of nitrogens with zero attached hydrogens (tertiary/aromatic N) is 7. The van der Waals surface area contributed by atoms with Crippen molar-refractivity contribution in [2.45, 2.75) is 31.7 Å². The van der Waals surface area contributed by atoms with Gasteiger partial charge in [-0.2, -0.15) is 10.2 Å². The normalized spacial score (nSPS) is 18.3. The van der Waals surface area contributed by atoms with E-state index in [2.05, 4.69) is 32.3 Å². The number of benzene rings is 1. The number of aryl methyl sites for hydroxylation is 1. The van der Waals surface area contributed by atoms with Gasteiger partial charge in [-0.15, -0.1) is 5.10 Å². The van der Waals surface area contributed by atoms with E-state index in [0.29, 0.717) is 44.2 Å². The van der Waals surface area contributed by atoms with Crippen molar-refractivity contribution in [3.05, 3.63) is 54.0 Å². The highest BCUT2D eigenvalue weighted by molar-refractivity contribution is 5.96. The molecule has 1 aromatic carbocycles. The summed E-state index contributed by atoms with van der Waals surface area (Å²) < 4.78 is 1.92. The molecule has 0 atom stereocenters. The van der Waals surface area contributed by atoms with Crippen LogP contribution in [0.5, 0.6) is 0 Å². The molecule has 2 amide bonds. The zero-order chi connectivity index (χ0) is 23.2. The van der Waals surface area contributed by atoms with Crippen LogP contribution in [0.25, 0.3) is 11.1 Å². The number of carbonyl (C=O) groups excluding carboxylic acids is 2. The van der Waals surface area contributed by atoms with E-state index in [0.717, 1.165) is 41.9 Å². The average molecular weight is 458 g/mol. The molecule has 6 rings (SSSR count). The first-order valence-corrected chi connectivity index (χ1v) is 11.9. The summed E-state index contributed by atoms with van der Waals surface area (Å²) in [5.74, 6) is 1.02. The van der Waals surface area contributed by atoms with Gasteiger partial charge in [-0.3, -0.25) is 14.3 Å². The third kappa shape index (κ3) is 3.81. The maximum absolute atomic E-state index is 12.9. The van der Waals surface area contributed by atoms with Crippen molar-refractivity contribution < 1.29 is 9.59 Å². The maximum atomic E-state index is 12.9. The third-order valence-corrected chi connectivity index (χ3v) is 7.06. The van der Waals surface area contributed by atoms with Crippen molar-refractivity contribution in [2.24, 2.45) is 0 Å². The smallest absolute Gasteiger partial charge is 0.257 e. The Morgan fingerprint density at radius 2 is 1.82 bits per heavy atom. The van der Waals surface area contributed by atoms with Crippen molar-refractivity contribution in [1.82, 2.24) is 24.9 Å². The quantitative estimate of drug-likeness (QED) is 0.598. The maximum Gasteiger partial charge on any atom is 0.257 e. The zero-order valence-electron chi connectivity index (χ0n) is 19.2. The van der Waals surface area contributed by atoms with Gasteiger partial charge in [0.1, 0.15) is 0 Å². The minimum atomic E-state index is 0.0453. The molecule has 2 aliphatic heterocycles. The molecule has 2 aromatic heterocycles. The molecular weight excluding hydrogens is 430 g/mol. The Morgan fingerprint density at radius 3 is 2.62 bits per heavy atom. The number of piperazine rings is 1. The Labute approximate surface area is 198 Å². The Balaban J connectivity index is 1.14. The molecular formula is C25H27N7O2. The highest BCUT2D eigenvalue weighted by atomic mass is 16.2. The molecule has 3 aromatic rings. The molecule has 174 valence electrons. The van der Waals surface area contributed by atoms with Gasteiger partial charge in [0.05, 0.1) is 24.0 Å². The Kier molecular flexibility index (Phi) is 5.04. The van der Waals surface area contributed by atoms with E-state index in [4.69, 9.17) is 0 Å². The molecule has 9 heteroatoms. The van der Waals surface area contributed by atoms with E-state index in [1.807, 2.05) is 35.0 Å². The summed E-state index contributed by atoms with van der Waals surface area (Å²) in [7, 11) is 1.83. The summed E-state index contributed by atoms with van der Waals surface area (Å²) in [6.07, 6.45) is 8.94. The largest absolute Gasteiger partial charge is 0.352 e. The first-order valence-electron chi connectivity index (χ1n) is 11.9. The van der Waals surface area contributed by atoms with Crippen LogP contribution < -0.4 is 9.80 Å². The predicted octanol–water partition coefficient (Wildman–Crippen LogP) is 2.55. The van der Waals surface area contributed by atoms with Crippen LogP contribution in [-0.2, 0) is 11.2 Å². The summed E-state index contributed by atoms with van der Waals surface area (Å²) in [6.45, 7) is 2.69. The highest BCUT2D eigenvalue weighted by Crippen LogP contribution is 2.34. The lowest BCUT2D eigenvalue weighted by molar-refractivity contribution is -0.118. The van der Waals surface area contributed by atoms with E-state index in [9.17, 15) is 9.59 Å². The predicted molar refractivity (Wildman–Crippen MR) is 128 cm³/mol. The van der Waals surface area contributed by atoms with Crippen molar-refractivity contribution in [3.8, 4) is 11.1 Å². The second-order valence-corrected chi connectivity index (χ2v) is 9.32. The molecule has 1 aliphatic carbocycles. The van der Waals surface area contributed by atoms with Crippen LogP contribution in [0.1, 0.15) is 41.2 Å². The number of hydrogen-bond donors (Lipinski definition) is 0. The third-order valence-electron chi connectivity index (χ3n) is 7.06. The highest BCUT2D eigenvalue weighted by Gasteiger charge is 2.28. The van der Waals surface area contributed by atoms with E-state index in [1.54, 1.807) is 17.3 Å². The first-order chi connectivity index (χ1) is 16.6. The van der Waals surface area contributed by atoms with Crippen molar-refractivity contribution in [2.75, 3.05) is 43.0 Å². The monoisotopic (exact) mass is 457 g/mol. The molecule has 0 spiro atoms. The van der Waals surface area contributed by atoms with E-state index < -0.39 is 0 Å². The first kappa shape index (κ1) is 20.8. The van der Waals surface area contributed by atoms with Gasteiger partial charge in [-0.25, -0.2) is 0 Å². The van der Waals surface area contributed by atoms with Gasteiger partial charge in [-0.05, 0) is 48.6 Å². The van der Waals surface area contributed by atoms with Crippen LogP contribution in [0, 0.1) is 0 Å². The zero-order valence-corrected chi connectivity index (χ0v) is 19.2. The van der Waals surface area contributed by atoms with Crippen LogP contribution in [0.2, 0.25) is 0 Å². The van der Waals surface area contributed by atoms with Gasteiger partial charge in [-0.1, -0.05) is 6.07 Å². The Morgan fingerprint density at radius 1 is 1.00 bits per heavy atom. The van der Waals surface area contributed by atoms with Crippen LogP contribution in [-0.4, -0.2) is 69.9 Å². The molecule has 0 unspecified atom stereocenters. The molecule has 9 nitrogen and oxygen atoms in total. The Bertz CT molecular complexity index is 1260. The number of hydrogen-bond acceptors (Lipinski definition) is 6. The summed E-state index contributed by atoms with van der Waals surface area (Å²) in [5, 5.41) is 13.0. The van der Waals surface area contributed by atoms with Gasteiger partial charge in [0.25, 0.3) is 5.91 Å². The minimum absolute atomic E-state index is 0.0453. The summed E-state index contributed by atoms with van der Waals surface area (Å²) in [5.41, 5.74) is 4.89. The van der Waals surface area contributed by atoms with Crippen LogP contribution in [0.3, 0.4) is 0 Å². The molecule has 0 N–H and O–H groups in total. The molecule has 0 bridgehead atoms. The second kappa shape index (κ2) is 8.23. The van der Waals surface area contributed by atoms with E-state index >= 15 is 0 Å². The van der Waals surface area contributed by atoms with Crippen molar-refractivity contribution >= 4 is 23.3 Å². The van der Waals surface area contributed by atoms with Crippen LogP contribution in [0.4, 0.5) is 11.5 Å². The Hall–Kier alpha value is -3.75. The lowest BCUT2D eigenvalue weighted by atomic mass is 9.97. The second-order valence-electron chi connectivity index (χ2n) is 9.32. The standard InChI is InChI=1S/C25H27N7O2/c1-29-22-6-2-17(12-18(22)3-7-24(29)33)19-13-23(28-26-14-19)30-8-10-31(11-9-30)25(34)20-15-27-32(16-20)21-4-5-21/h2,6,12-16,21H,3-5,7-11H2,1H3. The SMILES string of the molecule is CN1C(=O)CCc2cc(-c3cnnc(N4CCN(C(=O)c5cnn(C6CC6)c5)CC4)c3)ccc21. The number of aromatic nitrogens is 4. The van der Waals surface area contributed by atoms with Gasteiger partial charge < -0.3 is 14.7 Å². The molecule has 34 heavy (non-hydrogen) atoms. The molecule has 3 aliphatic rings. The van der Waals surface area contributed by atoms with Gasteiger partial charge >= 0.3 is 0 Å². The summed E-state index contributed by atoms with van der Waals surface area (Å²) in [6, 6.07) is 8.73. The van der Waals surface area contributed by atoms with Crippen molar-refractivity contribution in [1.29, 1.82) is 0 Å². The van der Waals surface area contributed by atoms with Crippen LogP contribution in [0.15, 0.2) is 42.9 Å². The number of fused-ring (bicyclic) bond motifs is 1. The van der Waals surface area contributed by atoms with Gasteiger partial charge in [0.15, 0.2) is 5.82 Å². The van der Waals surface area contributed by atoms with E-state index in [-0.39, 0.29) is 11.8 Å². The van der Waals surface area contributed by atoms with E-state index in [1.165, 1.54) is 5.56 Å². The fourth-order valence-electron chi connectivity index (χ4n) is 4.81. The number of anilines is 2. The fourth-order valence-corrected chi connectivity index (χ4v) is 4.81. The minimum Gasteiger partial charge on any atom is -0.352 e.